The van der Waals surface area contributed by atoms with E-state index in [2.05, 4.69) is 53.0 Å². The highest BCUT2D eigenvalue weighted by molar-refractivity contribution is 5.88. The van der Waals surface area contributed by atoms with Crippen molar-refractivity contribution < 1.29 is 4.74 Å². The Morgan fingerprint density at radius 3 is 2.58 bits per heavy atom. The third kappa shape index (κ3) is 3.22. The van der Waals surface area contributed by atoms with E-state index in [1.54, 1.807) is 13.3 Å². The summed E-state index contributed by atoms with van der Waals surface area (Å²) in [7, 11) is 3.83. The molecule has 5 heteroatoms. The van der Waals surface area contributed by atoms with Crippen LogP contribution in [0.5, 0.6) is 5.75 Å². The van der Waals surface area contributed by atoms with Gasteiger partial charge in [0, 0.05) is 49.0 Å². The van der Waals surface area contributed by atoms with E-state index in [1.807, 2.05) is 12.3 Å². The molecule has 134 valence electrons. The van der Waals surface area contributed by atoms with E-state index in [9.17, 15) is 0 Å². The van der Waals surface area contributed by atoms with Gasteiger partial charge in [-0.15, -0.1) is 0 Å². The molecule has 0 unspecified atom stereocenters. The van der Waals surface area contributed by atoms with Crippen LogP contribution < -0.4 is 9.64 Å². The number of fused-ring (bicyclic) bond motifs is 1. The van der Waals surface area contributed by atoms with Crippen molar-refractivity contribution in [3.8, 4) is 17.0 Å². The second-order valence-electron chi connectivity index (χ2n) is 6.93. The Morgan fingerprint density at radius 2 is 1.81 bits per heavy atom. The van der Waals surface area contributed by atoms with Gasteiger partial charge < -0.3 is 14.5 Å². The van der Waals surface area contributed by atoms with Crippen molar-refractivity contribution >= 4 is 16.6 Å². The zero-order valence-corrected chi connectivity index (χ0v) is 15.6. The molecule has 1 aromatic carbocycles. The third-order valence-corrected chi connectivity index (χ3v) is 5.11. The quantitative estimate of drug-likeness (QED) is 0.726. The minimum Gasteiger partial charge on any atom is -0.495 e. The maximum Gasteiger partial charge on any atom is 0.137 e. The normalized spacial score (nSPS) is 15.4. The number of aromatic nitrogens is 2. The van der Waals surface area contributed by atoms with E-state index < -0.39 is 0 Å². The second kappa shape index (κ2) is 6.92. The fraction of sp³-hybridized carbons (Fsp3) is 0.333. The molecule has 3 aromatic rings. The molecule has 3 heterocycles. The first-order valence-corrected chi connectivity index (χ1v) is 8.98. The van der Waals surface area contributed by atoms with Crippen LogP contribution in [0.25, 0.3) is 22.2 Å². The van der Waals surface area contributed by atoms with Gasteiger partial charge in [0.05, 0.1) is 24.5 Å². The van der Waals surface area contributed by atoms with Gasteiger partial charge in [0.2, 0.25) is 0 Å². The largest absolute Gasteiger partial charge is 0.495 e. The maximum absolute atomic E-state index is 5.29. The molecule has 26 heavy (non-hydrogen) atoms. The topological polar surface area (TPSA) is 41.5 Å². The van der Waals surface area contributed by atoms with Crippen LogP contribution in [0.2, 0.25) is 0 Å². The predicted molar refractivity (Wildman–Crippen MR) is 106 cm³/mol. The number of benzene rings is 1. The zero-order chi connectivity index (χ0) is 18.1. The molecule has 0 N–H and O–H groups in total. The fourth-order valence-corrected chi connectivity index (χ4v) is 3.46. The summed E-state index contributed by atoms with van der Waals surface area (Å²) >= 11 is 0. The zero-order valence-electron chi connectivity index (χ0n) is 15.6. The number of piperazine rings is 1. The van der Waals surface area contributed by atoms with Gasteiger partial charge in [-0.05, 0) is 49.9 Å². The van der Waals surface area contributed by atoms with Crippen molar-refractivity contribution in [3.63, 3.8) is 0 Å². The van der Waals surface area contributed by atoms with Crippen molar-refractivity contribution in [2.75, 3.05) is 45.2 Å². The number of ether oxygens (including phenoxy) is 1. The van der Waals surface area contributed by atoms with Crippen molar-refractivity contribution in [2.45, 2.75) is 6.92 Å². The Labute approximate surface area is 154 Å². The highest BCUT2D eigenvalue weighted by Gasteiger charge is 2.15. The molecular formula is C21H24N4O. The van der Waals surface area contributed by atoms with Crippen molar-refractivity contribution in [2.24, 2.45) is 0 Å². The predicted octanol–water partition coefficient (Wildman–Crippen LogP) is 3.37. The van der Waals surface area contributed by atoms with E-state index in [0.717, 1.165) is 48.7 Å². The summed E-state index contributed by atoms with van der Waals surface area (Å²) in [4.78, 5) is 13.9. The SMILES string of the molecule is COc1cncc(-c2cc(C)c3cc(N4CCN(C)CC4)ccc3n2)c1. The maximum atomic E-state index is 5.29. The minimum atomic E-state index is 0.743. The molecule has 0 bridgehead atoms. The second-order valence-corrected chi connectivity index (χ2v) is 6.93. The Hall–Kier alpha value is -2.66. The van der Waals surface area contributed by atoms with Crippen LogP contribution in [0.1, 0.15) is 5.56 Å². The average molecular weight is 348 g/mol. The molecule has 1 aliphatic heterocycles. The van der Waals surface area contributed by atoms with Crippen LogP contribution in [-0.4, -0.2) is 55.2 Å². The van der Waals surface area contributed by atoms with Gasteiger partial charge in [0.1, 0.15) is 5.75 Å². The highest BCUT2D eigenvalue weighted by Crippen LogP contribution is 2.29. The number of methoxy groups -OCH3 is 1. The van der Waals surface area contributed by atoms with Crippen LogP contribution in [0, 0.1) is 6.92 Å². The van der Waals surface area contributed by atoms with E-state index in [0.29, 0.717) is 0 Å². The summed E-state index contributed by atoms with van der Waals surface area (Å²) in [6.07, 6.45) is 3.54. The molecule has 0 radical (unpaired) electrons. The molecule has 1 fully saturated rings. The lowest BCUT2D eigenvalue weighted by molar-refractivity contribution is 0.313. The molecule has 1 saturated heterocycles. The number of likely N-dealkylation sites (N-methyl/N-ethyl adjacent to an activating group) is 1. The van der Waals surface area contributed by atoms with Gasteiger partial charge in [0.25, 0.3) is 0 Å². The standard InChI is InChI=1S/C21H24N4O/c1-15-10-21(16-11-18(26-3)14-22-13-16)23-20-5-4-17(12-19(15)20)25-8-6-24(2)7-9-25/h4-5,10-14H,6-9H2,1-3H3. The fourth-order valence-electron chi connectivity index (χ4n) is 3.46. The van der Waals surface area contributed by atoms with Crippen molar-refractivity contribution in [3.05, 3.63) is 48.3 Å². The summed E-state index contributed by atoms with van der Waals surface area (Å²) in [6, 6.07) is 10.7. The number of nitrogens with zero attached hydrogens (tertiary/aromatic N) is 4. The van der Waals surface area contributed by atoms with Crippen molar-refractivity contribution in [1.82, 2.24) is 14.9 Å². The first-order valence-electron chi connectivity index (χ1n) is 8.98. The molecular weight excluding hydrogens is 324 g/mol. The molecule has 0 spiro atoms. The third-order valence-electron chi connectivity index (χ3n) is 5.11. The van der Waals surface area contributed by atoms with Crippen LogP contribution in [0.4, 0.5) is 5.69 Å². The smallest absolute Gasteiger partial charge is 0.137 e. The molecule has 0 atom stereocenters. The molecule has 4 rings (SSSR count). The van der Waals surface area contributed by atoms with Gasteiger partial charge in [-0.2, -0.15) is 0 Å². The number of anilines is 1. The van der Waals surface area contributed by atoms with Gasteiger partial charge in [0.15, 0.2) is 0 Å². The lowest BCUT2D eigenvalue weighted by Crippen LogP contribution is -2.44. The molecule has 5 nitrogen and oxygen atoms in total. The first-order chi connectivity index (χ1) is 12.6. The number of hydrogen-bond acceptors (Lipinski definition) is 5. The van der Waals surface area contributed by atoms with Crippen LogP contribution in [0.3, 0.4) is 0 Å². The molecule has 2 aromatic heterocycles. The lowest BCUT2D eigenvalue weighted by Gasteiger charge is -2.34. The summed E-state index contributed by atoms with van der Waals surface area (Å²) < 4.78 is 5.29. The van der Waals surface area contributed by atoms with Crippen molar-refractivity contribution in [1.29, 1.82) is 0 Å². The van der Waals surface area contributed by atoms with Gasteiger partial charge in [-0.25, -0.2) is 4.98 Å². The number of pyridine rings is 2. The van der Waals surface area contributed by atoms with Gasteiger partial charge >= 0.3 is 0 Å². The Balaban J connectivity index is 1.71. The molecule has 0 aliphatic carbocycles. The average Bonchev–Trinajstić information content (AvgIpc) is 2.68. The number of aryl methyl sites for hydroxylation is 1. The number of hydrogen-bond donors (Lipinski definition) is 0. The van der Waals surface area contributed by atoms with E-state index in [1.165, 1.54) is 16.6 Å². The summed E-state index contributed by atoms with van der Waals surface area (Å²) in [5.74, 6) is 0.743. The Bertz CT molecular complexity index is 932. The van der Waals surface area contributed by atoms with E-state index >= 15 is 0 Å². The number of rotatable bonds is 3. The summed E-state index contributed by atoms with van der Waals surface area (Å²) in [5, 5.41) is 1.21. The first kappa shape index (κ1) is 16.8. The van der Waals surface area contributed by atoms with Gasteiger partial charge in [-0.1, -0.05) is 0 Å². The van der Waals surface area contributed by atoms with E-state index in [4.69, 9.17) is 9.72 Å². The molecule has 1 aliphatic rings. The lowest BCUT2D eigenvalue weighted by atomic mass is 10.0. The Morgan fingerprint density at radius 1 is 1.00 bits per heavy atom. The molecule has 0 saturated carbocycles. The monoisotopic (exact) mass is 348 g/mol. The van der Waals surface area contributed by atoms with Gasteiger partial charge in [-0.3, -0.25) is 4.98 Å². The summed E-state index contributed by atoms with van der Waals surface area (Å²) in [5.41, 5.74) is 5.42. The minimum absolute atomic E-state index is 0.743. The highest BCUT2D eigenvalue weighted by atomic mass is 16.5. The van der Waals surface area contributed by atoms with Crippen LogP contribution >= 0.6 is 0 Å². The van der Waals surface area contributed by atoms with Crippen LogP contribution in [0.15, 0.2) is 42.7 Å². The molecule has 0 amide bonds. The van der Waals surface area contributed by atoms with E-state index in [-0.39, 0.29) is 0 Å². The summed E-state index contributed by atoms with van der Waals surface area (Å²) in [6.45, 7) is 6.51. The Kier molecular flexibility index (Phi) is 4.47. The van der Waals surface area contributed by atoms with Crippen LogP contribution in [-0.2, 0) is 0 Å².